The third-order valence-electron chi connectivity index (χ3n) is 9.74. The second-order valence-corrected chi connectivity index (χ2v) is 20.0. The summed E-state index contributed by atoms with van der Waals surface area (Å²) in [7, 11) is -3.76. The van der Waals surface area contributed by atoms with Crippen LogP contribution in [-0.2, 0) is 45.6 Å². The number of ether oxygens (including phenoxy) is 2. The summed E-state index contributed by atoms with van der Waals surface area (Å²) < 4.78 is 165. The van der Waals surface area contributed by atoms with Gasteiger partial charge in [0.1, 0.15) is 12.2 Å². The van der Waals surface area contributed by atoms with E-state index in [-0.39, 0.29) is 29.8 Å². The van der Waals surface area contributed by atoms with Crippen molar-refractivity contribution in [3.05, 3.63) is 122 Å². The Morgan fingerprint density at radius 3 is 1.35 bits per heavy atom. The fraction of sp³-hybridized carbons (Fsp3) is 0.366. The first kappa shape index (κ1) is 50.5. The summed E-state index contributed by atoms with van der Waals surface area (Å²) >= 11 is 0. The third kappa shape index (κ3) is 11.2. The molecule has 0 saturated heterocycles. The van der Waals surface area contributed by atoms with Gasteiger partial charge >= 0.3 is 12.2 Å². The smallest absolute Gasteiger partial charge is 0.415 e. The standard InChI is InChI=1S/C21H21F4NO4S.C12H16N2O2.C8H5ClF4O2S/c1-10(2)26-16-6-5-13(7-14(16)12(4)30-21(26)27)8-31(28,29)9-15-19(24)17(22)11(3)18(23)20(15)25;1-7(2)14-11-5-4-9(13)6-10(11)8(3)16-12(14)15;1-3-5(10)7(12)4(2-16(9,14)15)8(13)6(3)11/h5-7,10,12H,8-9H2,1-4H3;4-8H,13H2,1-3H3;2H2,1H3. The highest BCUT2D eigenvalue weighted by Crippen LogP contribution is 2.38. The molecule has 4 aromatic carbocycles. The number of cyclic esters (lactones) is 2. The fourth-order valence-electron chi connectivity index (χ4n) is 6.60. The lowest BCUT2D eigenvalue weighted by atomic mass is 10.0. The molecule has 0 radical (unpaired) electrons. The molecular weight excluding hydrogens is 914 g/mol. The summed E-state index contributed by atoms with van der Waals surface area (Å²) in [4.78, 5) is 27.0. The van der Waals surface area contributed by atoms with Crippen LogP contribution in [0.5, 0.6) is 0 Å². The Morgan fingerprint density at radius 1 is 0.603 bits per heavy atom. The van der Waals surface area contributed by atoms with Crippen LogP contribution in [0.25, 0.3) is 0 Å². The molecular formula is C41H42ClF8N3O8S2. The zero-order valence-electron chi connectivity index (χ0n) is 34.9. The highest BCUT2D eigenvalue weighted by molar-refractivity contribution is 8.13. The molecule has 344 valence electrons. The van der Waals surface area contributed by atoms with Gasteiger partial charge in [-0.1, -0.05) is 6.07 Å². The van der Waals surface area contributed by atoms with Crippen molar-refractivity contribution in [1.29, 1.82) is 0 Å². The highest BCUT2D eigenvalue weighted by Gasteiger charge is 2.34. The van der Waals surface area contributed by atoms with Gasteiger partial charge in [0.25, 0.3) is 0 Å². The Kier molecular flexibility index (Phi) is 15.5. The minimum absolute atomic E-state index is 0.0716. The predicted octanol–water partition coefficient (Wildman–Crippen LogP) is 10.4. The number of amides is 2. The minimum Gasteiger partial charge on any atom is -0.441 e. The van der Waals surface area contributed by atoms with Gasteiger partial charge in [0.2, 0.25) is 9.05 Å². The van der Waals surface area contributed by atoms with Crippen molar-refractivity contribution < 1.29 is 71.0 Å². The Hall–Kier alpha value is -5.15. The van der Waals surface area contributed by atoms with Crippen molar-refractivity contribution in [1.82, 2.24) is 0 Å². The van der Waals surface area contributed by atoms with Gasteiger partial charge < -0.3 is 15.2 Å². The van der Waals surface area contributed by atoms with Crippen molar-refractivity contribution in [3.8, 4) is 0 Å². The van der Waals surface area contributed by atoms with Crippen LogP contribution in [0.3, 0.4) is 0 Å². The number of fused-ring (bicyclic) bond motifs is 2. The van der Waals surface area contributed by atoms with Gasteiger partial charge in [0.05, 0.1) is 28.6 Å². The number of nitrogens with two attached hydrogens (primary N) is 1. The molecule has 11 nitrogen and oxygen atoms in total. The molecule has 2 atom stereocenters. The van der Waals surface area contributed by atoms with Crippen LogP contribution < -0.4 is 15.5 Å². The van der Waals surface area contributed by atoms with Crippen LogP contribution in [-0.4, -0.2) is 41.1 Å². The number of nitrogens with zero attached hydrogens (tertiary/aromatic N) is 2. The van der Waals surface area contributed by atoms with Crippen LogP contribution in [0.1, 0.15) is 92.7 Å². The van der Waals surface area contributed by atoms with Gasteiger partial charge in [-0.05, 0) is 91.3 Å². The molecule has 0 saturated carbocycles. The molecule has 2 amide bonds. The van der Waals surface area contributed by atoms with Gasteiger partial charge in [0.15, 0.2) is 56.4 Å². The summed E-state index contributed by atoms with van der Waals surface area (Å²) in [6.07, 6.45) is -1.68. The summed E-state index contributed by atoms with van der Waals surface area (Å²) in [5, 5.41) is 0. The number of carbonyl (C=O) groups is 2. The largest absolute Gasteiger partial charge is 0.441 e. The van der Waals surface area contributed by atoms with E-state index in [4.69, 9.17) is 25.9 Å². The van der Waals surface area contributed by atoms with E-state index in [9.17, 15) is 61.5 Å². The topological polar surface area (TPSA) is 153 Å². The fourth-order valence-corrected chi connectivity index (χ4v) is 9.01. The van der Waals surface area contributed by atoms with Crippen molar-refractivity contribution >= 4 is 58.8 Å². The maximum atomic E-state index is 14.1. The van der Waals surface area contributed by atoms with Crippen molar-refractivity contribution in [2.45, 2.75) is 96.9 Å². The molecule has 2 aliphatic rings. The van der Waals surface area contributed by atoms with Crippen LogP contribution in [0.15, 0.2) is 36.4 Å². The molecule has 0 fully saturated rings. The lowest BCUT2D eigenvalue weighted by molar-refractivity contribution is 0.105. The first-order valence-electron chi connectivity index (χ1n) is 18.8. The van der Waals surface area contributed by atoms with Gasteiger partial charge in [-0.15, -0.1) is 0 Å². The molecule has 22 heteroatoms. The molecule has 0 bridgehead atoms. The monoisotopic (exact) mass is 955 g/mol. The number of nitrogen functional groups attached to an aromatic ring is 1. The average Bonchev–Trinajstić information content (AvgIpc) is 3.18. The van der Waals surface area contributed by atoms with Crippen LogP contribution in [0, 0.1) is 60.4 Å². The molecule has 2 N–H and O–H groups in total. The Labute approximate surface area is 363 Å². The van der Waals surface area contributed by atoms with Gasteiger partial charge in [-0.25, -0.2) is 61.5 Å². The van der Waals surface area contributed by atoms with Crippen LogP contribution in [0.4, 0.5) is 61.8 Å². The van der Waals surface area contributed by atoms with Crippen molar-refractivity contribution in [2.24, 2.45) is 0 Å². The van der Waals surface area contributed by atoms with Crippen molar-refractivity contribution in [3.63, 3.8) is 0 Å². The van der Waals surface area contributed by atoms with Crippen LogP contribution in [0.2, 0.25) is 0 Å². The van der Waals surface area contributed by atoms with E-state index < -0.39 is 117 Å². The Bertz CT molecular complexity index is 2630. The number of hydrogen-bond donors (Lipinski definition) is 1. The molecule has 2 unspecified atom stereocenters. The summed E-state index contributed by atoms with van der Waals surface area (Å²) in [6.45, 7) is 12.7. The van der Waals surface area contributed by atoms with E-state index in [1.165, 1.54) is 17.0 Å². The number of carbonyl (C=O) groups excluding carboxylic acids is 2. The minimum atomic E-state index is -4.31. The zero-order valence-corrected chi connectivity index (χ0v) is 37.2. The second-order valence-electron chi connectivity index (χ2n) is 15.1. The SMILES string of the molecule is CC1OC(=O)N(C(C)C)c2ccc(N)cc21.Cc1c(F)c(F)c(CS(=O)(=O)Cc2ccc3c(c2)C(C)OC(=O)N3C(C)C)c(F)c1F.Cc1c(F)c(F)c(CS(=O)(=O)Cl)c(F)c1F. The van der Waals surface area contributed by atoms with Gasteiger partial charge in [-0.3, -0.25) is 9.80 Å². The molecule has 0 aromatic heterocycles. The van der Waals surface area contributed by atoms with Gasteiger partial charge in [0, 0.05) is 61.8 Å². The summed E-state index contributed by atoms with van der Waals surface area (Å²) in [5.74, 6) is -16.6. The number of hydrogen-bond acceptors (Lipinski definition) is 9. The molecule has 4 aromatic rings. The predicted molar refractivity (Wildman–Crippen MR) is 219 cm³/mol. The zero-order chi connectivity index (χ0) is 47.8. The van der Waals surface area contributed by atoms with E-state index in [2.05, 4.69) is 0 Å². The lowest BCUT2D eigenvalue weighted by Gasteiger charge is -2.35. The van der Waals surface area contributed by atoms with E-state index in [0.29, 0.717) is 16.9 Å². The van der Waals surface area contributed by atoms with E-state index >= 15 is 0 Å². The Balaban J connectivity index is 0.000000229. The number of rotatable bonds is 8. The first-order valence-corrected chi connectivity index (χ1v) is 23.1. The molecule has 0 spiro atoms. The lowest BCUT2D eigenvalue weighted by Crippen LogP contribution is -2.41. The maximum absolute atomic E-state index is 14.1. The maximum Gasteiger partial charge on any atom is 0.415 e. The number of anilines is 3. The average molecular weight is 956 g/mol. The van der Waals surface area contributed by atoms with E-state index in [1.807, 2.05) is 32.9 Å². The Morgan fingerprint density at radius 2 is 0.968 bits per heavy atom. The number of benzene rings is 4. The number of sulfone groups is 1. The third-order valence-corrected chi connectivity index (χ3v) is 12.2. The summed E-state index contributed by atoms with van der Waals surface area (Å²) in [6, 6.07) is 9.99. The molecule has 2 heterocycles. The molecule has 63 heavy (non-hydrogen) atoms. The normalized spacial score (nSPS) is 16.1. The second kappa shape index (κ2) is 19.3. The molecule has 2 aliphatic heterocycles. The quantitative estimate of drug-likeness (QED) is 0.0787. The van der Waals surface area contributed by atoms with E-state index in [1.54, 1.807) is 37.8 Å². The number of halogens is 9. The first-order chi connectivity index (χ1) is 29.0. The van der Waals surface area contributed by atoms with Gasteiger partial charge in [-0.2, -0.15) is 0 Å². The van der Waals surface area contributed by atoms with Crippen LogP contribution >= 0.6 is 10.7 Å². The molecule has 6 rings (SSSR count). The molecule has 0 aliphatic carbocycles. The summed E-state index contributed by atoms with van der Waals surface area (Å²) in [5.41, 5.74) is 5.59. The highest BCUT2D eigenvalue weighted by atomic mass is 35.7. The van der Waals surface area contributed by atoms with E-state index in [0.717, 1.165) is 25.1 Å². The van der Waals surface area contributed by atoms with Crippen molar-refractivity contribution in [2.75, 3.05) is 15.5 Å².